The Morgan fingerprint density at radius 2 is 1.61 bits per heavy atom. The van der Waals surface area contributed by atoms with Gasteiger partial charge in [0.15, 0.2) is 0 Å². The topological polar surface area (TPSA) is 41.1 Å². The van der Waals surface area contributed by atoms with E-state index < -0.39 is 0 Å². The molecule has 1 saturated heterocycles. The Morgan fingerprint density at radius 3 is 2.36 bits per heavy atom. The molecule has 3 aromatic carbocycles. The monoisotopic (exact) mass is 396 g/mol. The van der Waals surface area contributed by atoms with Crippen LogP contribution in [0.25, 0.3) is 11.1 Å². The van der Waals surface area contributed by atoms with E-state index in [9.17, 15) is 9.18 Å². The molecule has 1 aliphatic rings. The summed E-state index contributed by atoms with van der Waals surface area (Å²) in [5.74, 6) is -0.415. The molecule has 144 valence electrons. The van der Waals surface area contributed by atoms with Crippen molar-refractivity contribution < 1.29 is 9.18 Å². The van der Waals surface area contributed by atoms with Crippen molar-refractivity contribution in [3.8, 4) is 11.1 Å². The maximum absolute atomic E-state index is 13.2. The van der Waals surface area contributed by atoms with E-state index in [0.29, 0.717) is 13.1 Å². The normalized spacial score (nSPS) is 18.3. The van der Waals surface area contributed by atoms with E-state index in [-0.39, 0.29) is 36.0 Å². The lowest BCUT2D eigenvalue weighted by atomic mass is 9.88. The fourth-order valence-electron chi connectivity index (χ4n) is 3.66. The van der Waals surface area contributed by atoms with Gasteiger partial charge in [0, 0.05) is 24.7 Å². The third kappa shape index (κ3) is 4.41. The summed E-state index contributed by atoms with van der Waals surface area (Å²) in [5.41, 5.74) is 3.94. The number of hydrogen-bond acceptors (Lipinski definition) is 2. The first-order valence-corrected chi connectivity index (χ1v) is 9.13. The zero-order valence-corrected chi connectivity index (χ0v) is 16.1. The summed E-state index contributed by atoms with van der Waals surface area (Å²) >= 11 is 0. The van der Waals surface area contributed by atoms with Gasteiger partial charge in [-0.3, -0.25) is 4.79 Å². The molecule has 1 fully saturated rings. The first-order chi connectivity index (χ1) is 13.2. The fourth-order valence-corrected chi connectivity index (χ4v) is 3.66. The minimum atomic E-state index is -0.261. The van der Waals surface area contributed by atoms with Gasteiger partial charge in [0.2, 0.25) is 5.91 Å². The van der Waals surface area contributed by atoms with E-state index in [4.69, 9.17) is 0 Å². The van der Waals surface area contributed by atoms with Crippen molar-refractivity contribution in [2.24, 2.45) is 5.92 Å². The van der Waals surface area contributed by atoms with Crippen LogP contribution >= 0.6 is 12.4 Å². The number of carbonyl (C=O) groups is 1. The Labute approximate surface area is 170 Å². The third-order valence-corrected chi connectivity index (χ3v) is 5.09. The maximum atomic E-state index is 13.2. The van der Waals surface area contributed by atoms with Crippen molar-refractivity contribution in [1.29, 1.82) is 0 Å². The highest BCUT2D eigenvalue weighted by Gasteiger charge is 2.34. The van der Waals surface area contributed by atoms with Gasteiger partial charge in [0.25, 0.3) is 0 Å². The van der Waals surface area contributed by atoms with E-state index in [1.54, 1.807) is 12.1 Å². The molecule has 0 radical (unpaired) electrons. The second kappa shape index (κ2) is 9.00. The number of carbonyl (C=O) groups excluding carboxylic acids is 1. The predicted octanol–water partition coefficient (Wildman–Crippen LogP) is 4.86. The van der Waals surface area contributed by atoms with Gasteiger partial charge >= 0.3 is 0 Å². The fraction of sp³-hybridized carbons (Fsp3) is 0.174. The Kier molecular flexibility index (Phi) is 6.45. The molecule has 4 rings (SSSR count). The third-order valence-electron chi connectivity index (χ3n) is 5.09. The Bertz CT molecular complexity index is 931. The van der Waals surface area contributed by atoms with Crippen molar-refractivity contribution in [1.82, 2.24) is 5.32 Å². The Hall–Kier alpha value is -2.69. The van der Waals surface area contributed by atoms with Crippen LogP contribution in [0.1, 0.15) is 11.5 Å². The number of benzene rings is 3. The summed E-state index contributed by atoms with van der Waals surface area (Å²) in [6.45, 7) is 1.33. The van der Waals surface area contributed by atoms with Crippen molar-refractivity contribution >= 4 is 24.0 Å². The number of nitrogens with one attached hydrogen (secondary N) is 2. The highest BCUT2D eigenvalue weighted by atomic mass is 35.5. The Morgan fingerprint density at radius 1 is 0.893 bits per heavy atom. The summed E-state index contributed by atoms with van der Waals surface area (Å²) in [6, 6.07) is 24.4. The van der Waals surface area contributed by atoms with Gasteiger partial charge in [-0.05, 0) is 41.0 Å². The van der Waals surface area contributed by atoms with Crippen LogP contribution in [0, 0.1) is 11.7 Å². The van der Waals surface area contributed by atoms with Gasteiger partial charge in [-0.15, -0.1) is 12.4 Å². The smallest absolute Gasteiger partial charge is 0.229 e. The average Bonchev–Trinajstić information content (AvgIpc) is 3.19. The van der Waals surface area contributed by atoms with E-state index in [1.807, 2.05) is 54.6 Å². The van der Waals surface area contributed by atoms with Crippen molar-refractivity contribution in [3.05, 3.63) is 90.2 Å². The van der Waals surface area contributed by atoms with Crippen LogP contribution in [-0.4, -0.2) is 19.0 Å². The quantitative estimate of drug-likeness (QED) is 0.661. The Balaban J connectivity index is 0.00000225. The minimum absolute atomic E-state index is 0. The summed E-state index contributed by atoms with van der Waals surface area (Å²) in [5, 5.41) is 6.34. The zero-order valence-electron chi connectivity index (χ0n) is 15.3. The van der Waals surface area contributed by atoms with E-state index in [2.05, 4.69) is 10.6 Å². The molecule has 2 atom stereocenters. The van der Waals surface area contributed by atoms with Crippen molar-refractivity contribution in [2.75, 3.05) is 18.4 Å². The SMILES string of the molecule is Cl.O=C(Nc1cccc(-c2ccccc2)c1)[C@@H]1CNC[C@H]1c1ccc(F)cc1. The van der Waals surface area contributed by atoms with Gasteiger partial charge in [-0.25, -0.2) is 4.39 Å². The number of anilines is 1. The summed E-state index contributed by atoms with van der Waals surface area (Å²) < 4.78 is 13.2. The van der Waals surface area contributed by atoms with Crippen molar-refractivity contribution in [3.63, 3.8) is 0 Å². The standard InChI is InChI=1S/C23H21FN2O.ClH/c24-19-11-9-17(10-12-19)21-14-25-15-22(21)23(27)26-20-8-4-7-18(13-20)16-5-2-1-3-6-16;/h1-13,21-22,25H,14-15H2,(H,26,27);1H/t21-,22+;/m0./s1. The molecule has 0 aromatic heterocycles. The van der Waals surface area contributed by atoms with E-state index in [1.165, 1.54) is 12.1 Å². The molecule has 0 aliphatic carbocycles. The summed E-state index contributed by atoms with van der Waals surface area (Å²) in [4.78, 5) is 12.9. The molecular weight excluding hydrogens is 375 g/mol. The highest BCUT2D eigenvalue weighted by Crippen LogP contribution is 2.30. The van der Waals surface area contributed by atoms with E-state index >= 15 is 0 Å². The lowest BCUT2D eigenvalue weighted by Crippen LogP contribution is -2.28. The van der Waals surface area contributed by atoms with Crippen LogP contribution in [-0.2, 0) is 4.79 Å². The predicted molar refractivity (Wildman–Crippen MR) is 113 cm³/mol. The van der Waals surface area contributed by atoms with Crippen LogP contribution in [0.5, 0.6) is 0 Å². The number of rotatable bonds is 4. The molecule has 1 amide bonds. The molecular formula is C23H22ClFN2O. The van der Waals surface area contributed by atoms with Gasteiger partial charge in [-0.2, -0.15) is 0 Å². The minimum Gasteiger partial charge on any atom is -0.326 e. The van der Waals surface area contributed by atoms with Gasteiger partial charge in [0.1, 0.15) is 5.82 Å². The van der Waals surface area contributed by atoms with Gasteiger partial charge < -0.3 is 10.6 Å². The second-order valence-corrected chi connectivity index (χ2v) is 6.86. The molecule has 3 aromatic rings. The van der Waals surface area contributed by atoms with Crippen LogP contribution in [0.15, 0.2) is 78.9 Å². The van der Waals surface area contributed by atoms with Crippen LogP contribution < -0.4 is 10.6 Å². The summed E-state index contributed by atoms with van der Waals surface area (Å²) in [7, 11) is 0. The lowest BCUT2D eigenvalue weighted by molar-refractivity contribution is -0.119. The second-order valence-electron chi connectivity index (χ2n) is 6.86. The lowest BCUT2D eigenvalue weighted by Gasteiger charge is -2.19. The molecule has 0 unspecified atom stereocenters. The van der Waals surface area contributed by atoms with Crippen LogP contribution in [0.2, 0.25) is 0 Å². The van der Waals surface area contributed by atoms with Crippen molar-refractivity contribution in [2.45, 2.75) is 5.92 Å². The zero-order chi connectivity index (χ0) is 18.6. The van der Waals surface area contributed by atoms with Gasteiger partial charge in [-0.1, -0.05) is 54.6 Å². The van der Waals surface area contributed by atoms with E-state index in [0.717, 1.165) is 22.4 Å². The number of halogens is 2. The molecule has 0 spiro atoms. The van der Waals surface area contributed by atoms with Gasteiger partial charge in [0.05, 0.1) is 5.92 Å². The highest BCUT2D eigenvalue weighted by molar-refractivity contribution is 5.94. The molecule has 0 saturated carbocycles. The summed E-state index contributed by atoms with van der Waals surface area (Å²) in [6.07, 6.45) is 0. The molecule has 3 nitrogen and oxygen atoms in total. The average molecular weight is 397 g/mol. The number of hydrogen-bond donors (Lipinski definition) is 2. The first-order valence-electron chi connectivity index (χ1n) is 9.13. The molecule has 2 N–H and O–H groups in total. The molecule has 1 heterocycles. The number of amides is 1. The van der Waals surface area contributed by atoms with Crippen LogP contribution in [0.3, 0.4) is 0 Å². The van der Waals surface area contributed by atoms with Crippen LogP contribution in [0.4, 0.5) is 10.1 Å². The molecule has 0 bridgehead atoms. The molecule has 1 aliphatic heterocycles. The maximum Gasteiger partial charge on any atom is 0.229 e. The largest absolute Gasteiger partial charge is 0.326 e. The molecule has 28 heavy (non-hydrogen) atoms. The first kappa shape index (κ1) is 20.1. The molecule has 5 heteroatoms.